The molecule has 1 atom stereocenters. The molecule has 0 radical (unpaired) electrons. The van der Waals surface area contributed by atoms with Crippen molar-refractivity contribution in [3.63, 3.8) is 0 Å². The fourth-order valence-electron chi connectivity index (χ4n) is 2.55. The normalized spacial score (nSPS) is 18.8. The Hall–Kier alpha value is -1.46. The van der Waals surface area contributed by atoms with Crippen molar-refractivity contribution in [2.75, 3.05) is 23.7 Å². The highest BCUT2D eigenvalue weighted by atomic mass is 35.5. The van der Waals surface area contributed by atoms with E-state index in [1.54, 1.807) is 23.1 Å². The maximum Gasteiger partial charge on any atom is 0.415 e. The van der Waals surface area contributed by atoms with Crippen LogP contribution < -0.4 is 16.0 Å². The Kier molecular flexibility index (Phi) is 5.19. The van der Waals surface area contributed by atoms with Gasteiger partial charge in [0.05, 0.1) is 17.4 Å². The van der Waals surface area contributed by atoms with Gasteiger partial charge in [0.1, 0.15) is 5.60 Å². The lowest BCUT2D eigenvalue weighted by atomic mass is 10.0. The lowest BCUT2D eigenvalue weighted by Crippen LogP contribution is -2.50. The molecule has 5 nitrogen and oxygen atoms in total. The number of carbonyl (C=O) groups excluding carboxylic acids is 1. The van der Waals surface area contributed by atoms with Gasteiger partial charge < -0.3 is 15.8 Å². The molecular weight excluding hydrogens is 302 g/mol. The monoisotopic (exact) mass is 325 g/mol. The third kappa shape index (κ3) is 4.27. The lowest BCUT2D eigenvalue weighted by molar-refractivity contribution is 0.0560. The van der Waals surface area contributed by atoms with Gasteiger partial charge in [-0.1, -0.05) is 11.6 Å². The molecule has 0 bridgehead atoms. The van der Waals surface area contributed by atoms with Gasteiger partial charge in [-0.3, -0.25) is 4.90 Å². The molecule has 0 aromatic heterocycles. The van der Waals surface area contributed by atoms with Gasteiger partial charge in [0.15, 0.2) is 0 Å². The standard InChI is InChI=1S/C16H24ClN3O2/c1-16(2,3)22-15(21)20(12-5-4-8-19-10-12)14-7-6-11(17)9-13(14)18/h6-7,9,12,19H,4-5,8,10,18H2,1-3H3. The summed E-state index contributed by atoms with van der Waals surface area (Å²) >= 11 is 5.97. The number of carbonyl (C=O) groups is 1. The van der Waals surface area contributed by atoms with Crippen LogP contribution in [0, 0.1) is 0 Å². The topological polar surface area (TPSA) is 67.6 Å². The molecule has 0 aliphatic carbocycles. The minimum absolute atomic E-state index is 0.0204. The fourth-order valence-corrected chi connectivity index (χ4v) is 2.73. The number of nitrogen functional groups attached to an aromatic ring is 1. The smallest absolute Gasteiger partial charge is 0.415 e. The second-order valence-electron chi connectivity index (χ2n) is 6.55. The minimum atomic E-state index is -0.557. The zero-order valence-electron chi connectivity index (χ0n) is 13.4. The van der Waals surface area contributed by atoms with Crippen molar-refractivity contribution >= 4 is 29.1 Å². The molecule has 1 aromatic rings. The van der Waals surface area contributed by atoms with Crippen LogP contribution in [-0.4, -0.2) is 30.8 Å². The lowest BCUT2D eigenvalue weighted by Gasteiger charge is -2.36. The summed E-state index contributed by atoms with van der Waals surface area (Å²) < 4.78 is 5.56. The number of rotatable bonds is 2. The van der Waals surface area contributed by atoms with Gasteiger partial charge in [-0.05, 0) is 58.4 Å². The average Bonchev–Trinajstić information content (AvgIpc) is 2.41. The van der Waals surface area contributed by atoms with E-state index in [0.29, 0.717) is 16.4 Å². The van der Waals surface area contributed by atoms with E-state index in [1.807, 2.05) is 20.8 Å². The zero-order chi connectivity index (χ0) is 16.3. The van der Waals surface area contributed by atoms with Crippen LogP contribution in [-0.2, 0) is 4.74 Å². The van der Waals surface area contributed by atoms with Gasteiger partial charge in [-0.25, -0.2) is 4.79 Å². The van der Waals surface area contributed by atoms with Crippen LogP contribution >= 0.6 is 11.6 Å². The van der Waals surface area contributed by atoms with Crippen molar-refractivity contribution in [2.45, 2.75) is 45.3 Å². The van der Waals surface area contributed by atoms with Gasteiger partial charge in [0.25, 0.3) is 0 Å². The SMILES string of the molecule is CC(C)(C)OC(=O)N(c1ccc(Cl)cc1N)C1CCCNC1. The van der Waals surface area contributed by atoms with Gasteiger partial charge in [0.2, 0.25) is 0 Å². The summed E-state index contributed by atoms with van der Waals surface area (Å²) in [6, 6.07) is 5.19. The molecule has 1 aliphatic rings. The number of nitrogens with two attached hydrogens (primary N) is 1. The van der Waals surface area contributed by atoms with E-state index >= 15 is 0 Å². The Morgan fingerprint density at radius 2 is 2.18 bits per heavy atom. The maximum absolute atomic E-state index is 12.7. The maximum atomic E-state index is 12.7. The largest absolute Gasteiger partial charge is 0.443 e. The Balaban J connectivity index is 2.33. The van der Waals surface area contributed by atoms with E-state index < -0.39 is 5.60 Å². The van der Waals surface area contributed by atoms with Gasteiger partial charge in [-0.15, -0.1) is 0 Å². The van der Waals surface area contributed by atoms with Crippen LogP contribution in [0.4, 0.5) is 16.2 Å². The van der Waals surface area contributed by atoms with E-state index in [2.05, 4.69) is 5.32 Å². The highest BCUT2D eigenvalue weighted by Gasteiger charge is 2.31. The van der Waals surface area contributed by atoms with E-state index in [0.717, 1.165) is 25.9 Å². The number of benzene rings is 1. The van der Waals surface area contributed by atoms with Crippen molar-refractivity contribution in [2.24, 2.45) is 0 Å². The van der Waals surface area contributed by atoms with Gasteiger partial charge >= 0.3 is 6.09 Å². The van der Waals surface area contributed by atoms with Crippen molar-refractivity contribution in [3.8, 4) is 0 Å². The first kappa shape index (κ1) is 16.9. The Bertz CT molecular complexity index is 537. The van der Waals surface area contributed by atoms with Gasteiger partial charge in [0, 0.05) is 11.6 Å². The highest BCUT2D eigenvalue weighted by Crippen LogP contribution is 2.31. The van der Waals surface area contributed by atoms with Crippen LogP contribution in [0.3, 0.4) is 0 Å². The average molecular weight is 326 g/mol. The van der Waals surface area contributed by atoms with Crippen LogP contribution in [0.25, 0.3) is 0 Å². The van der Waals surface area contributed by atoms with E-state index in [1.165, 1.54) is 0 Å². The molecule has 1 heterocycles. The number of halogens is 1. The van der Waals surface area contributed by atoms with E-state index in [-0.39, 0.29) is 12.1 Å². The molecular formula is C16H24ClN3O2. The van der Waals surface area contributed by atoms with Crippen LogP contribution in [0.1, 0.15) is 33.6 Å². The molecule has 1 aliphatic heterocycles. The number of anilines is 2. The molecule has 2 rings (SSSR count). The summed E-state index contributed by atoms with van der Waals surface area (Å²) in [7, 11) is 0. The Labute approximate surface area is 136 Å². The van der Waals surface area contributed by atoms with Crippen molar-refractivity contribution < 1.29 is 9.53 Å². The summed E-state index contributed by atoms with van der Waals surface area (Å²) in [5.41, 5.74) is 6.64. The molecule has 1 amide bonds. The van der Waals surface area contributed by atoms with Gasteiger partial charge in [-0.2, -0.15) is 0 Å². The molecule has 1 aromatic carbocycles. The number of nitrogens with zero attached hydrogens (tertiary/aromatic N) is 1. The molecule has 0 saturated carbocycles. The Morgan fingerprint density at radius 1 is 1.45 bits per heavy atom. The highest BCUT2D eigenvalue weighted by molar-refractivity contribution is 6.31. The van der Waals surface area contributed by atoms with Crippen molar-refractivity contribution in [1.82, 2.24) is 5.32 Å². The fraction of sp³-hybridized carbons (Fsp3) is 0.562. The Morgan fingerprint density at radius 3 is 2.73 bits per heavy atom. The molecule has 1 saturated heterocycles. The second-order valence-corrected chi connectivity index (χ2v) is 6.99. The number of ether oxygens (including phenoxy) is 1. The molecule has 1 fully saturated rings. The summed E-state index contributed by atoms with van der Waals surface area (Å²) in [6.45, 7) is 7.25. The summed E-state index contributed by atoms with van der Waals surface area (Å²) in [6.07, 6.45) is 1.54. The summed E-state index contributed by atoms with van der Waals surface area (Å²) in [5, 5.41) is 3.87. The zero-order valence-corrected chi connectivity index (χ0v) is 14.1. The molecule has 0 spiro atoms. The predicted octanol–water partition coefficient (Wildman–Crippen LogP) is 3.42. The van der Waals surface area contributed by atoms with Crippen LogP contribution in [0.5, 0.6) is 0 Å². The third-order valence-electron chi connectivity index (χ3n) is 3.48. The molecule has 122 valence electrons. The summed E-state index contributed by atoms with van der Waals surface area (Å²) in [5.74, 6) is 0. The van der Waals surface area contributed by atoms with E-state index in [4.69, 9.17) is 22.1 Å². The quantitative estimate of drug-likeness (QED) is 0.818. The number of hydrogen-bond donors (Lipinski definition) is 2. The van der Waals surface area contributed by atoms with Crippen molar-refractivity contribution in [1.29, 1.82) is 0 Å². The van der Waals surface area contributed by atoms with Crippen LogP contribution in [0.15, 0.2) is 18.2 Å². The number of nitrogens with one attached hydrogen (secondary N) is 1. The molecule has 3 N–H and O–H groups in total. The van der Waals surface area contributed by atoms with Crippen molar-refractivity contribution in [3.05, 3.63) is 23.2 Å². The molecule has 6 heteroatoms. The summed E-state index contributed by atoms with van der Waals surface area (Å²) in [4.78, 5) is 14.3. The minimum Gasteiger partial charge on any atom is -0.443 e. The molecule has 1 unspecified atom stereocenters. The predicted molar refractivity (Wildman–Crippen MR) is 90.5 cm³/mol. The first-order chi connectivity index (χ1) is 10.3. The second kappa shape index (κ2) is 6.75. The van der Waals surface area contributed by atoms with Crippen LogP contribution in [0.2, 0.25) is 5.02 Å². The first-order valence-electron chi connectivity index (χ1n) is 7.56. The number of hydrogen-bond acceptors (Lipinski definition) is 4. The third-order valence-corrected chi connectivity index (χ3v) is 3.71. The number of piperidine rings is 1. The van der Waals surface area contributed by atoms with E-state index in [9.17, 15) is 4.79 Å². The molecule has 22 heavy (non-hydrogen) atoms. The number of amides is 1. The first-order valence-corrected chi connectivity index (χ1v) is 7.94.